The predicted octanol–water partition coefficient (Wildman–Crippen LogP) is 3.12. The molecule has 0 atom stereocenters. The van der Waals surface area contributed by atoms with Crippen molar-refractivity contribution in [3.8, 4) is 11.4 Å². The number of nitrogens with zero attached hydrogens (tertiary/aromatic N) is 4. The van der Waals surface area contributed by atoms with Gasteiger partial charge < -0.3 is 15.1 Å². The lowest BCUT2D eigenvalue weighted by Crippen LogP contribution is -2.43. The fraction of sp³-hybridized carbons (Fsp3) is 0.500. The van der Waals surface area contributed by atoms with Crippen LogP contribution in [0.3, 0.4) is 0 Å². The number of hydrogen-bond donors (Lipinski definition) is 1. The lowest BCUT2D eigenvalue weighted by molar-refractivity contribution is 0.0953. The molecule has 2 heterocycles. The van der Waals surface area contributed by atoms with E-state index in [9.17, 15) is 4.79 Å². The number of carbonyl (C=O) groups is 1. The number of piperidine rings is 1. The maximum Gasteiger partial charge on any atom is 0.256 e. The van der Waals surface area contributed by atoms with Crippen LogP contribution in [0.5, 0.6) is 0 Å². The molecule has 1 aromatic heterocycles. The van der Waals surface area contributed by atoms with E-state index in [2.05, 4.69) is 53.3 Å². The molecule has 0 aliphatic carbocycles. The largest absolute Gasteiger partial charge is 0.356 e. The van der Waals surface area contributed by atoms with Crippen LogP contribution in [0.1, 0.15) is 42.1 Å². The molecule has 0 saturated carbocycles. The fourth-order valence-electron chi connectivity index (χ4n) is 3.61. The summed E-state index contributed by atoms with van der Waals surface area (Å²) in [5.41, 5.74) is 2.68. The smallest absolute Gasteiger partial charge is 0.256 e. The summed E-state index contributed by atoms with van der Waals surface area (Å²) >= 11 is 0. The number of benzene rings is 1. The summed E-state index contributed by atoms with van der Waals surface area (Å²) in [4.78, 5) is 26.6. The highest BCUT2D eigenvalue weighted by atomic mass is 16.1. The Morgan fingerprint density at radius 3 is 2.75 bits per heavy atom. The Hall–Kier alpha value is -2.47. The average molecular weight is 382 g/mol. The molecule has 6 heteroatoms. The standard InChI is InChI=1S/C22H31N5O/c1-5-11-23-22(28)19-15-24-20(17-8-6-7-16(2)14-17)25-21(19)27(4)18-9-12-26(3)13-10-18/h6-8,14-15,18H,5,9-13H2,1-4H3,(H,23,28). The van der Waals surface area contributed by atoms with Gasteiger partial charge in [0.2, 0.25) is 0 Å². The molecule has 0 unspecified atom stereocenters. The molecule has 1 aromatic carbocycles. The van der Waals surface area contributed by atoms with Crippen molar-refractivity contribution < 1.29 is 4.79 Å². The average Bonchev–Trinajstić information content (AvgIpc) is 2.71. The Kier molecular flexibility index (Phi) is 6.62. The Bertz CT molecular complexity index is 814. The molecule has 1 saturated heterocycles. The van der Waals surface area contributed by atoms with Crippen LogP contribution in [0.15, 0.2) is 30.5 Å². The van der Waals surface area contributed by atoms with Gasteiger partial charge in [0.1, 0.15) is 11.4 Å². The topological polar surface area (TPSA) is 61.4 Å². The van der Waals surface area contributed by atoms with Gasteiger partial charge in [-0.1, -0.05) is 30.7 Å². The lowest BCUT2D eigenvalue weighted by atomic mass is 10.0. The first-order valence-corrected chi connectivity index (χ1v) is 10.1. The van der Waals surface area contributed by atoms with E-state index < -0.39 is 0 Å². The molecule has 1 aliphatic heterocycles. The zero-order valence-electron chi connectivity index (χ0n) is 17.4. The first-order chi connectivity index (χ1) is 13.5. The molecule has 1 amide bonds. The number of amides is 1. The van der Waals surface area contributed by atoms with Gasteiger partial charge in [0, 0.05) is 31.4 Å². The monoisotopic (exact) mass is 381 g/mol. The van der Waals surface area contributed by atoms with Gasteiger partial charge in [0.05, 0.1) is 0 Å². The summed E-state index contributed by atoms with van der Waals surface area (Å²) in [6.45, 7) is 6.87. The molecule has 0 radical (unpaired) electrons. The van der Waals surface area contributed by atoms with E-state index in [0.29, 0.717) is 24.0 Å². The van der Waals surface area contributed by atoms with Crippen LogP contribution in [0, 0.1) is 6.92 Å². The third-order valence-electron chi connectivity index (χ3n) is 5.39. The zero-order valence-corrected chi connectivity index (χ0v) is 17.4. The number of rotatable bonds is 6. The number of nitrogens with one attached hydrogen (secondary N) is 1. The Balaban J connectivity index is 1.96. The van der Waals surface area contributed by atoms with Crippen LogP contribution in [-0.2, 0) is 0 Å². The highest BCUT2D eigenvalue weighted by molar-refractivity contribution is 5.98. The Morgan fingerprint density at radius 2 is 2.07 bits per heavy atom. The van der Waals surface area contributed by atoms with Crippen LogP contribution in [-0.4, -0.2) is 60.5 Å². The predicted molar refractivity (Wildman–Crippen MR) is 114 cm³/mol. The summed E-state index contributed by atoms with van der Waals surface area (Å²) in [5.74, 6) is 1.27. The first-order valence-electron chi connectivity index (χ1n) is 10.1. The second-order valence-corrected chi connectivity index (χ2v) is 7.70. The van der Waals surface area contributed by atoms with E-state index in [0.717, 1.165) is 49.3 Å². The highest BCUT2D eigenvalue weighted by Crippen LogP contribution is 2.26. The molecule has 2 aromatic rings. The van der Waals surface area contributed by atoms with E-state index >= 15 is 0 Å². The summed E-state index contributed by atoms with van der Waals surface area (Å²) in [7, 11) is 4.20. The molecule has 3 rings (SSSR count). The van der Waals surface area contributed by atoms with Crippen LogP contribution >= 0.6 is 0 Å². The number of aryl methyl sites for hydroxylation is 1. The van der Waals surface area contributed by atoms with E-state index in [-0.39, 0.29) is 5.91 Å². The van der Waals surface area contributed by atoms with Crippen molar-refractivity contribution in [3.63, 3.8) is 0 Å². The second kappa shape index (κ2) is 9.15. The molecular formula is C22H31N5O. The Labute approximate surface area is 168 Å². The van der Waals surface area contributed by atoms with Gasteiger partial charge in [-0.3, -0.25) is 4.79 Å². The Morgan fingerprint density at radius 1 is 1.32 bits per heavy atom. The van der Waals surface area contributed by atoms with E-state index in [1.165, 1.54) is 0 Å². The zero-order chi connectivity index (χ0) is 20.1. The number of aromatic nitrogens is 2. The highest BCUT2D eigenvalue weighted by Gasteiger charge is 2.26. The maximum absolute atomic E-state index is 12.7. The quantitative estimate of drug-likeness (QED) is 0.833. The van der Waals surface area contributed by atoms with Gasteiger partial charge in [-0.2, -0.15) is 0 Å². The van der Waals surface area contributed by atoms with Gasteiger partial charge in [-0.15, -0.1) is 0 Å². The van der Waals surface area contributed by atoms with E-state index in [1.54, 1.807) is 6.20 Å². The molecule has 1 fully saturated rings. The minimum Gasteiger partial charge on any atom is -0.356 e. The van der Waals surface area contributed by atoms with Gasteiger partial charge in [0.25, 0.3) is 5.91 Å². The van der Waals surface area contributed by atoms with Crippen LogP contribution in [0.25, 0.3) is 11.4 Å². The van der Waals surface area contributed by atoms with Crippen molar-refractivity contribution in [1.82, 2.24) is 20.2 Å². The summed E-state index contributed by atoms with van der Waals surface area (Å²) < 4.78 is 0. The maximum atomic E-state index is 12.7. The van der Waals surface area contributed by atoms with E-state index in [1.807, 2.05) is 19.1 Å². The van der Waals surface area contributed by atoms with Crippen molar-refractivity contribution in [2.24, 2.45) is 0 Å². The van der Waals surface area contributed by atoms with Crippen LogP contribution < -0.4 is 10.2 Å². The molecule has 1 aliphatic rings. The fourth-order valence-corrected chi connectivity index (χ4v) is 3.61. The molecular weight excluding hydrogens is 350 g/mol. The summed E-state index contributed by atoms with van der Waals surface area (Å²) in [6, 6.07) is 8.52. The summed E-state index contributed by atoms with van der Waals surface area (Å²) in [6.07, 6.45) is 4.70. The molecule has 150 valence electrons. The first kappa shape index (κ1) is 20.3. The number of hydrogen-bond acceptors (Lipinski definition) is 5. The SMILES string of the molecule is CCCNC(=O)c1cnc(-c2cccc(C)c2)nc1N(C)C1CCN(C)CC1. The van der Waals surface area contributed by atoms with Gasteiger partial charge in [0.15, 0.2) is 5.82 Å². The van der Waals surface area contributed by atoms with Crippen molar-refractivity contribution in [2.45, 2.75) is 39.2 Å². The van der Waals surface area contributed by atoms with Gasteiger partial charge in [-0.25, -0.2) is 9.97 Å². The van der Waals surface area contributed by atoms with Crippen molar-refractivity contribution in [3.05, 3.63) is 41.6 Å². The third kappa shape index (κ3) is 4.68. The molecule has 0 spiro atoms. The number of anilines is 1. The minimum atomic E-state index is -0.104. The normalized spacial score (nSPS) is 15.4. The molecule has 1 N–H and O–H groups in total. The molecule has 28 heavy (non-hydrogen) atoms. The van der Waals surface area contributed by atoms with Crippen LogP contribution in [0.4, 0.5) is 5.82 Å². The molecule has 0 bridgehead atoms. The van der Waals surface area contributed by atoms with Crippen molar-refractivity contribution in [2.75, 3.05) is 38.6 Å². The van der Waals surface area contributed by atoms with Gasteiger partial charge >= 0.3 is 0 Å². The lowest BCUT2D eigenvalue weighted by Gasteiger charge is -2.36. The molecule has 6 nitrogen and oxygen atoms in total. The van der Waals surface area contributed by atoms with Crippen molar-refractivity contribution >= 4 is 11.7 Å². The van der Waals surface area contributed by atoms with E-state index in [4.69, 9.17) is 4.98 Å². The summed E-state index contributed by atoms with van der Waals surface area (Å²) in [5, 5.41) is 2.97. The number of carbonyl (C=O) groups excluding carboxylic acids is 1. The van der Waals surface area contributed by atoms with Gasteiger partial charge in [-0.05, 0) is 52.4 Å². The number of likely N-dealkylation sites (tertiary alicyclic amines) is 1. The third-order valence-corrected chi connectivity index (χ3v) is 5.39. The van der Waals surface area contributed by atoms with Crippen LogP contribution in [0.2, 0.25) is 0 Å². The second-order valence-electron chi connectivity index (χ2n) is 7.70. The minimum absolute atomic E-state index is 0.104. The van der Waals surface area contributed by atoms with Crippen molar-refractivity contribution in [1.29, 1.82) is 0 Å².